The number of hydrogen-bond acceptors (Lipinski definition) is 3. The number of halogens is 1. The monoisotopic (exact) mass is 263 g/mol. The Morgan fingerprint density at radius 3 is 2.64 bits per heavy atom. The fourth-order valence-electron chi connectivity index (χ4n) is 0.355. The first-order valence-electron chi connectivity index (χ1n) is 3.07. The molecule has 0 saturated heterocycles. The minimum Gasteiger partial charge on any atom is -0.374 e. The van der Waals surface area contributed by atoms with Crippen molar-refractivity contribution < 1.29 is 0 Å². The molecule has 0 radical (unpaired) electrons. The zero-order valence-corrected chi connectivity index (χ0v) is 8.64. The maximum Gasteiger partial charge on any atom is 0.119 e. The van der Waals surface area contributed by atoms with Crippen molar-refractivity contribution in [1.29, 1.82) is 10.7 Å². The van der Waals surface area contributed by atoms with E-state index in [4.69, 9.17) is 10.7 Å². The van der Waals surface area contributed by atoms with Gasteiger partial charge in [0.25, 0.3) is 0 Å². The van der Waals surface area contributed by atoms with Gasteiger partial charge in [0.2, 0.25) is 0 Å². The van der Waals surface area contributed by atoms with Crippen LogP contribution < -0.4 is 5.32 Å². The molecule has 0 aliphatic carbocycles. The minimum atomic E-state index is -0.553. The number of nitrogens with zero attached hydrogens (tertiary/aromatic N) is 1. The summed E-state index contributed by atoms with van der Waals surface area (Å²) in [6, 6.07) is 2.08. The lowest BCUT2D eigenvalue weighted by Crippen LogP contribution is -2.33. The van der Waals surface area contributed by atoms with Crippen molar-refractivity contribution >= 4 is 26.3 Å². The van der Waals surface area contributed by atoms with Gasteiger partial charge in [-0.05, 0) is 42.5 Å². The molecule has 3 nitrogen and oxygen atoms in total. The Kier molecular flexibility index (Phi) is 4.11. The summed E-state index contributed by atoms with van der Waals surface area (Å²) in [7, 11) is 0. The molecule has 0 amide bonds. The summed E-state index contributed by atoms with van der Waals surface area (Å²) in [5.41, 5.74) is -0.553. The summed E-state index contributed by atoms with van der Waals surface area (Å²) in [5.74, 6) is 0. The minimum absolute atomic E-state index is 0.434. The van der Waals surface area contributed by atoms with Gasteiger partial charge < -0.3 is 5.32 Å². The molecule has 4 heteroatoms. The fraction of sp³-hybridized carbons (Fsp3) is 0.429. The lowest BCUT2D eigenvalue weighted by Gasteiger charge is -2.14. The number of nitrogens with one attached hydrogen (secondary N) is 2. The first-order chi connectivity index (χ1) is 4.98. The van der Waals surface area contributed by atoms with Crippen LogP contribution in [0.25, 0.3) is 0 Å². The molecule has 0 aromatic carbocycles. The van der Waals surface area contributed by atoms with Crippen molar-refractivity contribution in [1.82, 2.24) is 5.32 Å². The summed E-state index contributed by atoms with van der Waals surface area (Å²) < 4.78 is 0.434. The van der Waals surface area contributed by atoms with Gasteiger partial charge in [0.05, 0.1) is 9.79 Å². The van der Waals surface area contributed by atoms with Gasteiger partial charge in [-0.1, -0.05) is 0 Å². The van der Waals surface area contributed by atoms with Gasteiger partial charge in [-0.25, -0.2) is 0 Å². The summed E-state index contributed by atoms with van der Waals surface area (Å²) in [6.45, 7) is 3.54. The fourth-order valence-corrected chi connectivity index (χ4v) is 0.535. The van der Waals surface area contributed by atoms with E-state index in [2.05, 4.69) is 11.4 Å². The van der Waals surface area contributed by atoms with E-state index in [1.54, 1.807) is 26.1 Å². The molecule has 2 N–H and O–H groups in total. The highest BCUT2D eigenvalue weighted by atomic mass is 127. The normalized spacial score (nSPS) is 11.1. The summed E-state index contributed by atoms with van der Waals surface area (Å²) in [5, 5.41) is 18.4. The molecule has 0 fully saturated rings. The third kappa shape index (κ3) is 5.85. The summed E-state index contributed by atoms with van der Waals surface area (Å²) in [4.78, 5) is 0. The average molecular weight is 263 g/mol. The Labute approximate surface area is 80.1 Å². The Bertz CT molecular complexity index is 212. The van der Waals surface area contributed by atoms with E-state index in [1.807, 2.05) is 22.6 Å². The van der Waals surface area contributed by atoms with E-state index in [1.165, 1.54) is 0 Å². The zero-order valence-electron chi connectivity index (χ0n) is 6.48. The van der Waals surface area contributed by atoms with Crippen LogP contribution in [0.1, 0.15) is 13.8 Å². The Morgan fingerprint density at radius 2 is 2.27 bits per heavy atom. The van der Waals surface area contributed by atoms with Crippen LogP contribution >= 0.6 is 22.6 Å². The van der Waals surface area contributed by atoms with Crippen LogP contribution in [-0.4, -0.2) is 9.26 Å². The SMILES string of the molecule is CC(C)(C#N)N/C=C\C(=N)I. The molecule has 0 unspecified atom stereocenters. The van der Waals surface area contributed by atoms with Gasteiger partial charge in [0.15, 0.2) is 0 Å². The van der Waals surface area contributed by atoms with Gasteiger partial charge in [-0.2, -0.15) is 5.26 Å². The lowest BCUT2D eigenvalue weighted by molar-refractivity contribution is 0.567. The molecule has 0 aromatic rings. The van der Waals surface area contributed by atoms with Crippen LogP contribution in [0.15, 0.2) is 12.3 Å². The largest absolute Gasteiger partial charge is 0.374 e. The third-order valence-electron chi connectivity index (χ3n) is 0.953. The van der Waals surface area contributed by atoms with Crippen LogP contribution in [0.5, 0.6) is 0 Å². The molecule has 0 rings (SSSR count). The molecule has 60 valence electrons. The van der Waals surface area contributed by atoms with Crippen molar-refractivity contribution in [2.45, 2.75) is 19.4 Å². The lowest BCUT2D eigenvalue weighted by atomic mass is 10.1. The smallest absolute Gasteiger partial charge is 0.119 e. The predicted octanol–water partition coefficient (Wildman–Crippen LogP) is 1.80. The molecule has 0 aromatic heterocycles. The molecular weight excluding hydrogens is 253 g/mol. The number of rotatable bonds is 3. The van der Waals surface area contributed by atoms with Crippen molar-refractivity contribution in [2.75, 3.05) is 0 Å². The molecule has 11 heavy (non-hydrogen) atoms. The second-order valence-electron chi connectivity index (χ2n) is 2.56. The zero-order chi connectivity index (χ0) is 8.91. The van der Waals surface area contributed by atoms with E-state index in [-0.39, 0.29) is 0 Å². The maximum atomic E-state index is 8.56. The molecule has 0 aliphatic rings. The standard InChI is InChI=1S/C7H10IN3/c1-7(2,5-9)11-4-3-6(8)10/h3-4,10-11H,1-2H3/b4-3-,10-6?. The van der Waals surface area contributed by atoms with Crippen molar-refractivity contribution in [3.05, 3.63) is 12.3 Å². The first kappa shape index (κ1) is 10.4. The number of nitriles is 1. The van der Waals surface area contributed by atoms with Gasteiger partial charge >= 0.3 is 0 Å². The highest BCUT2D eigenvalue weighted by Gasteiger charge is 2.11. The Morgan fingerprint density at radius 1 is 1.73 bits per heavy atom. The molecule has 0 heterocycles. The van der Waals surface area contributed by atoms with Crippen LogP contribution in [0.2, 0.25) is 0 Å². The number of hydrogen-bond donors (Lipinski definition) is 2. The molecule has 0 aliphatic heterocycles. The second-order valence-corrected chi connectivity index (χ2v) is 3.72. The quantitative estimate of drug-likeness (QED) is 0.602. The Balaban J connectivity index is 3.90. The van der Waals surface area contributed by atoms with Crippen LogP contribution in [0.3, 0.4) is 0 Å². The third-order valence-corrected chi connectivity index (χ3v) is 1.31. The molecule has 0 saturated carbocycles. The Hall–Kier alpha value is -0.570. The van der Waals surface area contributed by atoms with E-state index < -0.39 is 5.54 Å². The topological polar surface area (TPSA) is 59.7 Å². The maximum absolute atomic E-state index is 8.56. The van der Waals surface area contributed by atoms with Crippen LogP contribution in [0, 0.1) is 16.7 Å². The molecule has 0 spiro atoms. The average Bonchev–Trinajstić information content (AvgIpc) is 1.87. The highest BCUT2D eigenvalue weighted by Crippen LogP contribution is 1.98. The van der Waals surface area contributed by atoms with Crippen LogP contribution in [-0.2, 0) is 0 Å². The molecule has 0 bridgehead atoms. The predicted molar refractivity (Wildman–Crippen MR) is 53.7 cm³/mol. The van der Waals surface area contributed by atoms with Gasteiger partial charge in [-0.3, -0.25) is 5.41 Å². The van der Waals surface area contributed by atoms with Crippen molar-refractivity contribution in [3.8, 4) is 6.07 Å². The van der Waals surface area contributed by atoms with E-state index in [0.29, 0.717) is 3.72 Å². The van der Waals surface area contributed by atoms with E-state index in [9.17, 15) is 0 Å². The van der Waals surface area contributed by atoms with Crippen molar-refractivity contribution in [3.63, 3.8) is 0 Å². The van der Waals surface area contributed by atoms with Crippen LogP contribution in [0.4, 0.5) is 0 Å². The van der Waals surface area contributed by atoms with Gasteiger partial charge in [-0.15, -0.1) is 0 Å². The van der Waals surface area contributed by atoms with E-state index in [0.717, 1.165) is 0 Å². The highest BCUT2D eigenvalue weighted by molar-refractivity contribution is 14.1. The van der Waals surface area contributed by atoms with Crippen molar-refractivity contribution in [2.24, 2.45) is 0 Å². The van der Waals surface area contributed by atoms with Gasteiger partial charge in [0.1, 0.15) is 5.54 Å². The second kappa shape index (κ2) is 4.34. The summed E-state index contributed by atoms with van der Waals surface area (Å²) in [6.07, 6.45) is 3.21. The summed E-state index contributed by atoms with van der Waals surface area (Å²) >= 11 is 1.88. The van der Waals surface area contributed by atoms with E-state index >= 15 is 0 Å². The first-order valence-corrected chi connectivity index (χ1v) is 4.15. The number of allylic oxidation sites excluding steroid dienone is 1. The molecular formula is C7H10IN3. The van der Waals surface area contributed by atoms with Gasteiger partial charge in [0, 0.05) is 6.20 Å². The molecule has 0 atom stereocenters.